The average molecular weight is 926 g/mol. The molecule has 66 heavy (non-hydrogen) atoms. The lowest BCUT2D eigenvalue weighted by atomic mass is 10.1. The first-order chi connectivity index (χ1) is 32.6. The van der Waals surface area contributed by atoms with Crippen molar-refractivity contribution in [2.24, 2.45) is 0 Å². The molecular formula is C61H112O5. The summed E-state index contributed by atoms with van der Waals surface area (Å²) in [6.45, 7) is 7.82. The Morgan fingerprint density at radius 1 is 0.333 bits per heavy atom. The molecule has 0 aromatic carbocycles. The van der Waals surface area contributed by atoms with Crippen LogP contribution in [0.3, 0.4) is 0 Å². The average Bonchev–Trinajstić information content (AvgIpc) is 3.32. The van der Waals surface area contributed by atoms with E-state index in [1.807, 2.05) is 0 Å². The molecule has 0 rings (SSSR count). The molecule has 0 heterocycles. The largest absolute Gasteiger partial charge is 0.462 e. The molecule has 5 heteroatoms. The van der Waals surface area contributed by atoms with E-state index in [2.05, 4.69) is 69.4 Å². The minimum Gasteiger partial charge on any atom is -0.462 e. The summed E-state index contributed by atoms with van der Waals surface area (Å²) in [5.41, 5.74) is 0. The molecule has 0 bridgehead atoms. The molecule has 0 aliphatic rings. The van der Waals surface area contributed by atoms with Gasteiger partial charge in [-0.3, -0.25) is 9.59 Å². The number of carbonyl (C=O) groups is 2. The Balaban J connectivity index is 4.20. The van der Waals surface area contributed by atoms with Crippen molar-refractivity contribution in [3.8, 4) is 0 Å². The van der Waals surface area contributed by atoms with Crippen molar-refractivity contribution in [2.45, 2.75) is 309 Å². The molecule has 0 N–H and O–H groups in total. The number of hydrogen-bond acceptors (Lipinski definition) is 5. The molecule has 5 nitrogen and oxygen atoms in total. The van der Waals surface area contributed by atoms with Crippen molar-refractivity contribution in [1.82, 2.24) is 0 Å². The number of hydrogen-bond donors (Lipinski definition) is 0. The minimum atomic E-state index is -0.539. The number of carbonyl (C=O) groups excluding carboxylic acids is 2. The minimum absolute atomic E-state index is 0.0816. The van der Waals surface area contributed by atoms with E-state index in [0.717, 1.165) is 64.2 Å². The summed E-state index contributed by atoms with van der Waals surface area (Å²) in [5, 5.41) is 0. The number of esters is 2. The maximum atomic E-state index is 12.8. The lowest BCUT2D eigenvalue weighted by Crippen LogP contribution is -2.30. The molecule has 386 valence electrons. The quantitative estimate of drug-likeness (QED) is 0.0345. The summed E-state index contributed by atoms with van der Waals surface area (Å²) in [7, 11) is 0. The van der Waals surface area contributed by atoms with E-state index < -0.39 is 6.10 Å². The second kappa shape index (κ2) is 57.2. The molecule has 0 saturated carbocycles. The molecule has 0 amide bonds. The molecule has 0 radical (unpaired) electrons. The van der Waals surface area contributed by atoms with E-state index in [0.29, 0.717) is 19.4 Å². The summed E-state index contributed by atoms with van der Waals surface area (Å²) in [6, 6.07) is 0. The summed E-state index contributed by atoms with van der Waals surface area (Å²) in [5.74, 6) is -0.398. The number of ether oxygens (including phenoxy) is 3. The van der Waals surface area contributed by atoms with Gasteiger partial charge in [0.25, 0.3) is 0 Å². The van der Waals surface area contributed by atoms with E-state index in [-0.39, 0.29) is 25.2 Å². The van der Waals surface area contributed by atoms with Crippen LogP contribution in [0.15, 0.2) is 48.6 Å². The number of allylic oxidation sites excluding steroid dienone is 8. The summed E-state index contributed by atoms with van der Waals surface area (Å²) in [6.07, 6.45) is 71.3. The van der Waals surface area contributed by atoms with Crippen molar-refractivity contribution in [2.75, 3.05) is 19.8 Å². The first-order valence-electron chi connectivity index (χ1n) is 29.2. The first-order valence-corrected chi connectivity index (χ1v) is 29.2. The van der Waals surface area contributed by atoms with Gasteiger partial charge in [0.1, 0.15) is 6.61 Å². The Labute approximate surface area is 412 Å². The van der Waals surface area contributed by atoms with Gasteiger partial charge < -0.3 is 14.2 Å². The van der Waals surface area contributed by atoms with Gasteiger partial charge in [0.05, 0.1) is 6.61 Å². The molecule has 0 spiro atoms. The molecule has 0 aliphatic carbocycles. The monoisotopic (exact) mass is 925 g/mol. The van der Waals surface area contributed by atoms with Gasteiger partial charge in [0.15, 0.2) is 6.10 Å². The van der Waals surface area contributed by atoms with Gasteiger partial charge >= 0.3 is 11.9 Å². The van der Waals surface area contributed by atoms with Crippen LogP contribution in [0.4, 0.5) is 0 Å². The van der Waals surface area contributed by atoms with Gasteiger partial charge in [-0.1, -0.05) is 256 Å². The van der Waals surface area contributed by atoms with Gasteiger partial charge in [-0.15, -0.1) is 0 Å². The van der Waals surface area contributed by atoms with Gasteiger partial charge in [0.2, 0.25) is 0 Å². The predicted molar refractivity (Wildman–Crippen MR) is 288 cm³/mol. The van der Waals surface area contributed by atoms with Crippen LogP contribution in [0, 0.1) is 0 Å². The Morgan fingerprint density at radius 3 is 1.06 bits per heavy atom. The molecule has 1 atom stereocenters. The summed E-state index contributed by atoms with van der Waals surface area (Å²) >= 11 is 0. The molecule has 0 aromatic rings. The van der Waals surface area contributed by atoms with Crippen LogP contribution in [-0.2, 0) is 23.8 Å². The summed E-state index contributed by atoms with van der Waals surface area (Å²) < 4.78 is 17.5. The van der Waals surface area contributed by atoms with Gasteiger partial charge in [-0.2, -0.15) is 0 Å². The fraction of sp³-hybridized carbons (Fsp3) is 0.836. The highest BCUT2D eigenvalue weighted by atomic mass is 16.6. The topological polar surface area (TPSA) is 61.8 Å². The van der Waals surface area contributed by atoms with Crippen molar-refractivity contribution >= 4 is 11.9 Å². The maximum Gasteiger partial charge on any atom is 0.306 e. The fourth-order valence-electron chi connectivity index (χ4n) is 8.45. The van der Waals surface area contributed by atoms with Crippen molar-refractivity contribution in [3.63, 3.8) is 0 Å². The maximum absolute atomic E-state index is 12.8. The van der Waals surface area contributed by atoms with E-state index in [1.165, 1.54) is 205 Å². The molecule has 1 unspecified atom stereocenters. The predicted octanol–water partition coefficient (Wildman–Crippen LogP) is 19.9. The third-order valence-electron chi connectivity index (χ3n) is 12.8. The molecule has 0 aromatic heterocycles. The number of rotatable bonds is 54. The third kappa shape index (κ3) is 54.5. The first kappa shape index (κ1) is 63.9. The summed E-state index contributed by atoms with van der Waals surface area (Å²) in [4.78, 5) is 25.5. The Morgan fingerprint density at radius 2 is 0.636 bits per heavy atom. The van der Waals surface area contributed by atoms with Gasteiger partial charge in [-0.25, -0.2) is 0 Å². The second-order valence-electron chi connectivity index (χ2n) is 19.5. The Bertz CT molecular complexity index is 1090. The molecule has 0 saturated heterocycles. The van der Waals surface area contributed by atoms with Gasteiger partial charge in [-0.05, 0) is 83.5 Å². The highest BCUT2D eigenvalue weighted by molar-refractivity contribution is 5.70. The SMILES string of the molecule is CCCCC/C=C\C/C=C\C/C=C\CCCCCCCCC(=O)OCC(COCCCCCCCCCCCC/C=C\CCCCCCCC)OC(=O)CCCCCCCCCCCCC. The zero-order chi connectivity index (χ0) is 47.7. The van der Waals surface area contributed by atoms with Crippen LogP contribution in [-0.4, -0.2) is 37.9 Å². The zero-order valence-corrected chi connectivity index (χ0v) is 44.5. The lowest BCUT2D eigenvalue weighted by molar-refractivity contribution is -0.163. The van der Waals surface area contributed by atoms with E-state index in [4.69, 9.17) is 14.2 Å². The Kier molecular flexibility index (Phi) is 55.3. The Hall–Kier alpha value is -2.14. The second-order valence-corrected chi connectivity index (χ2v) is 19.5. The van der Waals surface area contributed by atoms with Crippen molar-refractivity contribution in [1.29, 1.82) is 0 Å². The number of unbranched alkanes of at least 4 members (excludes halogenated alkanes) is 35. The van der Waals surface area contributed by atoms with E-state index in [9.17, 15) is 9.59 Å². The standard InChI is InChI=1S/C61H112O5/c1-4-7-10-13-16-19-22-24-26-28-30-32-34-36-38-41-44-47-50-53-56-64-57-59(66-61(63)55-52-49-46-43-39-21-18-15-12-9-6-3)58-65-60(62)54-51-48-45-42-40-37-35-33-31-29-27-25-23-20-17-14-11-8-5-2/h17,20,24-27,31,33,59H,4-16,18-19,21-23,28-30,32,34-58H2,1-3H3/b20-17-,26-24-,27-25-,33-31-. The van der Waals surface area contributed by atoms with Gasteiger partial charge in [0, 0.05) is 19.4 Å². The lowest BCUT2D eigenvalue weighted by Gasteiger charge is -2.18. The molecule has 0 fully saturated rings. The van der Waals surface area contributed by atoms with Crippen LogP contribution in [0.2, 0.25) is 0 Å². The van der Waals surface area contributed by atoms with Crippen LogP contribution >= 0.6 is 0 Å². The van der Waals surface area contributed by atoms with Crippen LogP contribution in [0.1, 0.15) is 303 Å². The van der Waals surface area contributed by atoms with Crippen molar-refractivity contribution in [3.05, 3.63) is 48.6 Å². The zero-order valence-electron chi connectivity index (χ0n) is 44.5. The fourth-order valence-corrected chi connectivity index (χ4v) is 8.45. The molecular weight excluding hydrogens is 813 g/mol. The third-order valence-corrected chi connectivity index (χ3v) is 12.8. The van der Waals surface area contributed by atoms with Crippen molar-refractivity contribution < 1.29 is 23.8 Å². The highest BCUT2D eigenvalue weighted by Crippen LogP contribution is 2.16. The van der Waals surface area contributed by atoms with Crippen LogP contribution < -0.4 is 0 Å². The van der Waals surface area contributed by atoms with Crippen LogP contribution in [0.5, 0.6) is 0 Å². The highest BCUT2D eigenvalue weighted by Gasteiger charge is 2.17. The van der Waals surface area contributed by atoms with E-state index >= 15 is 0 Å². The smallest absolute Gasteiger partial charge is 0.306 e. The van der Waals surface area contributed by atoms with E-state index in [1.54, 1.807) is 0 Å². The normalized spacial score (nSPS) is 12.5. The van der Waals surface area contributed by atoms with Crippen LogP contribution in [0.25, 0.3) is 0 Å². The molecule has 0 aliphatic heterocycles.